The molecule has 0 aliphatic heterocycles. The number of ether oxygens (including phenoxy) is 1. The van der Waals surface area contributed by atoms with Crippen LogP contribution in [0.3, 0.4) is 0 Å². The molecule has 7 heteroatoms. The number of unbranched alkanes of at least 4 members (excludes halogenated alkanes) is 9. The van der Waals surface area contributed by atoms with Crippen molar-refractivity contribution in [3.8, 4) is 0 Å². The van der Waals surface area contributed by atoms with Crippen LogP contribution in [-0.4, -0.2) is 58.7 Å². The predicted molar refractivity (Wildman–Crippen MR) is 98.7 cm³/mol. The summed E-state index contributed by atoms with van der Waals surface area (Å²) in [6.07, 6.45) is 14.7. The quantitative estimate of drug-likeness (QED) is 0.293. The summed E-state index contributed by atoms with van der Waals surface area (Å²) in [7, 11) is -4.67. The molecule has 0 saturated carbocycles. The largest absolute Gasteiger partial charge is 0.394 e. The molecule has 0 saturated heterocycles. The minimum atomic E-state index is -4.67. The molecule has 0 aromatic carbocycles. The Morgan fingerprint density at radius 1 is 0.739 bits per heavy atom. The second-order valence-electron chi connectivity index (χ2n) is 5.41. The second kappa shape index (κ2) is 25.1. The molecule has 0 radical (unpaired) electrons. The van der Waals surface area contributed by atoms with E-state index in [0.29, 0.717) is 0 Å². The minimum absolute atomic E-state index is 0.844. The summed E-state index contributed by atoms with van der Waals surface area (Å²) in [6.45, 7) is 7.95. The van der Waals surface area contributed by atoms with E-state index in [0.717, 1.165) is 13.2 Å². The summed E-state index contributed by atoms with van der Waals surface area (Å²) < 4.78 is 37.9. The maximum atomic E-state index is 8.74. The van der Waals surface area contributed by atoms with Crippen LogP contribution in [-0.2, 0) is 15.1 Å². The molecule has 0 atom stereocenters. The van der Waals surface area contributed by atoms with Gasteiger partial charge in [-0.2, -0.15) is 8.42 Å². The standard InChI is InChI=1S/C12H25.C4H10O.Na.H2O4S/c1-3-5-7-9-11-12-10-8-6-4-2;1-3-5-4-2;;1-5(2,3)4/h1,3-12H2,2H3;3-4H2,1-2H3;;(H2,1,2,3,4). The monoisotopic (exact) mass is 364 g/mol. The molecule has 0 aromatic heterocycles. The van der Waals surface area contributed by atoms with E-state index in [4.69, 9.17) is 22.3 Å². The molecule has 0 bridgehead atoms. The Hall–Kier alpha value is 0.830. The van der Waals surface area contributed by atoms with Crippen LogP contribution < -0.4 is 0 Å². The second-order valence-corrected chi connectivity index (χ2v) is 7.31. The summed E-state index contributed by atoms with van der Waals surface area (Å²) >= 11 is 1.41. The van der Waals surface area contributed by atoms with Crippen LogP contribution in [0, 0.1) is 0 Å². The van der Waals surface area contributed by atoms with Crippen molar-refractivity contribution in [1.82, 2.24) is 0 Å². The van der Waals surface area contributed by atoms with Crippen molar-refractivity contribution in [3.63, 3.8) is 0 Å². The van der Waals surface area contributed by atoms with Crippen LogP contribution in [0.2, 0.25) is 3.67 Å². The topological polar surface area (TPSA) is 83.8 Å². The van der Waals surface area contributed by atoms with Gasteiger partial charge in [-0.25, -0.2) is 0 Å². The maximum Gasteiger partial charge on any atom is 0.394 e. The van der Waals surface area contributed by atoms with Gasteiger partial charge in [0.2, 0.25) is 0 Å². The fourth-order valence-electron chi connectivity index (χ4n) is 1.94. The number of hydrogen-bond acceptors (Lipinski definition) is 3. The molecule has 0 heterocycles. The van der Waals surface area contributed by atoms with Crippen molar-refractivity contribution < 1.29 is 22.3 Å². The molecule has 0 aromatic rings. The molecular weight excluding hydrogens is 327 g/mol. The van der Waals surface area contributed by atoms with E-state index in [-0.39, 0.29) is 0 Å². The maximum absolute atomic E-state index is 8.74. The van der Waals surface area contributed by atoms with Gasteiger partial charge in [-0.1, -0.05) is 0 Å². The molecule has 0 aliphatic carbocycles. The van der Waals surface area contributed by atoms with Gasteiger partial charge in [-0.05, 0) is 13.8 Å². The van der Waals surface area contributed by atoms with Gasteiger partial charge in [-0.15, -0.1) is 0 Å². The van der Waals surface area contributed by atoms with E-state index in [2.05, 4.69) is 6.92 Å². The molecule has 2 N–H and O–H groups in total. The van der Waals surface area contributed by atoms with Crippen LogP contribution in [0.4, 0.5) is 0 Å². The Labute approximate surface area is 162 Å². The zero-order chi connectivity index (χ0) is 18.4. The molecule has 0 spiro atoms. The van der Waals surface area contributed by atoms with Gasteiger partial charge in [0.25, 0.3) is 0 Å². The first kappa shape index (κ1) is 28.6. The van der Waals surface area contributed by atoms with Gasteiger partial charge < -0.3 is 4.74 Å². The van der Waals surface area contributed by atoms with Crippen LogP contribution in [0.25, 0.3) is 0 Å². The summed E-state index contributed by atoms with van der Waals surface area (Å²) in [5.41, 5.74) is 0. The van der Waals surface area contributed by atoms with Crippen molar-refractivity contribution in [2.45, 2.75) is 88.6 Å². The van der Waals surface area contributed by atoms with Crippen molar-refractivity contribution in [1.29, 1.82) is 0 Å². The molecule has 0 rings (SSSR count). The fraction of sp³-hybridized carbons (Fsp3) is 1.00. The third-order valence-electron chi connectivity index (χ3n) is 3.12. The molecule has 0 unspecified atom stereocenters. The van der Waals surface area contributed by atoms with Crippen molar-refractivity contribution >= 4 is 38.3 Å². The van der Waals surface area contributed by atoms with Crippen LogP contribution in [0.5, 0.6) is 0 Å². The minimum Gasteiger partial charge on any atom is -0.382 e. The van der Waals surface area contributed by atoms with Crippen LogP contribution in [0.1, 0.15) is 85.0 Å². The molecule has 138 valence electrons. The summed E-state index contributed by atoms with van der Waals surface area (Å²) in [5.74, 6) is 0. The van der Waals surface area contributed by atoms with E-state index >= 15 is 0 Å². The summed E-state index contributed by atoms with van der Waals surface area (Å²) in [5, 5.41) is 0. The van der Waals surface area contributed by atoms with Gasteiger partial charge >= 0.3 is 113 Å². The first-order chi connectivity index (χ1) is 10.8. The van der Waals surface area contributed by atoms with Crippen LogP contribution in [0.15, 0.2) is 0 Å². The first-order valence-corrected chi connectivity index (χ1v) is 11.9. The number of hydrogen-bond donors (Lipinski definition) is 2. The predicted octanol–water partition coefficient (Wildman–Crippen LogP) is 4.88. The zero-order valence-electron chi connectivity index (χ0n) is 15.7. The van der Waals surface area contributed by atoms with E-state index < -0.39 is 10.4 Å². The van der Waals surface area contributed by atoms with E-state index in [9.17, 15) is 0 Å². The Morgan fingerprint density at radius 2 is 1.04 bits per heavy atom. The van der Waals surface area contributed by atoms with E-state index in [1.165, 1.54) is 95.8 Å². The average Bonchev–Trinajstić information content (AvgIpc) is 2.45. The Kier molecular flexibility index (Phi) is 31.2. The Balaban J connectivity index is -0.000000329. The zero-order valence-corrected chi connectivity index (χ0v) is 18.5. The molecule has 23 heavy (non-hydrogen) atoms. The molecule has 0 aliphatic rings. The van der Waals surface area contributed by atoms with Gasteiger partial charge in [0.15, 0.2) is 0 Å². The van der Waals surface area contributed by atoms with E-state index in [1.807, 2.05) is 13.8 Å². The number of rotatable bonds is 12. The third kappa shape index (κ3) is 60.2. The molecular formula is C16H37NaO5S. The first-order valence-electron chi connectivity index (χ1n) is 9.10. The molecule has 0 amide bonds. The van der Waals surface area contributed by atoms with Gasteiger partial charge in [0.1, 0.15) is 0 Å². The van der Waals surface area contributed by atoms with E-state index in [1.54, 1.807) is 0 Å². The van der Waals surface area contributed by atoms with Gasteiger partial charge in [0, 0.05) is 13.2 Å². The van der Waals surface area contributed by atoms with Gasteiger partial charge in [0.05, 0.1) is 0 Å². The summed E-state index contributed by atoms with van der Waals surface area (Å²) in [6, 6.07) is 0. The van der Waals surface area contributed by atoms with Gasteiger partial charge in [-0.3, -0.25) is 9.11 Å². The molecule has 0 fully saturated rings. The van der Waals surface area contributed by atoms with Crippen molar-refractivity contribution in [3.05, 3.63) is 0 Å². The Bertz CT molecular complexity index is 264. The normalized spacial score (nSPS) is 10.4. The Morgan fingerprint density at radius 3 is 1.26 bits per heavy atom. The smallest absolute Gasteiger partial charge is 0.382 e. The molecule has 5 nitrogen and oxygen atoms in total. The third-order valence-corrected chi connectivity index (χ3v) is 3.82. The summed E-state index contributed by atoms with van der Waals surface area (Å²) in [4.78, 5) is 0. The fourth-order valence-corrected chi connectivity index (χ4v) is 2.44. The van der Waals surface area contributed by atoms with Crippen molar-refractivity contribution in [2.75, 3.05) is 13.2 Å². The van der Waals surface area contributed by atoms with Crippen LogP contribution >= 0.6 is 0 Å². The SMILES string of the molecule is CCCCCCCCCCC[CH2][Na].CCOCC.O=S(=O)(O)O. The van der Waals surface area contributed by atoms with Crippen molar-refractivity contribution in [2.24, 2.45) is 0 Å². The average molecular weight is 365 g/mol.